The van der Waals surface area contributed by atoms with Crippen molar-refractivity contribution in [3.05, 3.63) is 58.1 Å². The maximum Gasteiger partial charge on any atom is 0.414 e. The maximum absolute atomic E-state index is 12.5. The smallest absolute Gasteiger partial charge is 0.414 e. The highest BCUT2D eigenvalue weighted by atomic mass is 35.5. The Kier molecular flexibility index (Phi) is 6.64. The molecule has 0 spiro atoms. The summed E-state index contributed by atoms with van der Waals surface area (Å²) in [6.45, 7) is 7.96. The Bertz CT molecular complexity index is 819. The lowest BCUT2D eigenvalue weighted by molar-refractivity contribution is 0.0733. The maximum atomic E-state index is 12.5. The largest absolute Gasteiger partial charge is 0.449 e. The average Bonchev–Trinajstić information content (AvgIpc) is 2.58. The Hall–Kier alpha value is -2.53. The molecule has 0 fully saturated rings. The predicted octanol–water partition coefficient (Wildman–Crippen LogP) is 5.16. The van der Waals surface area contributed by atoms with E-state index >= 15 is 0 Å². The van der Waals surface area contributed by atoms with Crippen LogP contribution in [-0.4, -0.2) is 25.2 Å². The van der Waals surface area contributed by atoms with Gasteiger partial charge in [-0.15, -0.1) is 0 Å². The quantitative estimate of drug-likeness (QED) is 0.535. The second kappa shape index (κ2) is 8.72. The van der Waals surface area contributed by atoms with Crippen LogP contribution >= 0.6 is 11.6 Å². The minimum atomic E-state index is -0.541. The molecule has 0 unspecified atom stereocenters. The molecule has 0 N–H and O–H groups in total. The number of amides is 1. The summed E-state index contributed by atoms with van der Waals surface area (Å²) in [5, 5.41) is 0.446. The summed E-state index contributed by atoms with van der Waals surface area (Å²) in [5.74, 6) is -0.212. The Morgan fingerprint density at radius 3 is 2.46 bits per heavy atom. The number of esters is 1. The summed E-state index contributed by atoms with van der Waals surface area (Å²) in [5.41, 5.74) is 2.53. The summed E-state index contributed by atoms with van der Waals surface area (Å²) in [4.78, 5) is 26.3. The fourth-order valence-corrected chi connectivity index (χ4v) is 2.82. The van der Waals surface area contributed by atoms with Crippen molar-refractivity contribution in [3.63, 3.8) is 0 Å². The van der Waals surface area contributed by atoms with Crippen molar-refractivity contribution in [1.29, 1.82) is 0 Å². The van der Waals surface area contributed by atoms with Crippen LogP contribution in [0.1, 0.15) is 35.3 Å². The first kappa shape index (κ1) is 19.8. The van der Waals surface area contributed by atoms with Crippen LogP contribution in [0.25, 0.3) is 0 Å². The van der Waals surface area contributed by atoms with Gasteiger partial charge < -0.3 is 9.47 Å². The summed E-state index contributed by atoms with van der Waals surface area (Å²) in [6.07, 6.45) is -0.486. The molecule has 0 atom stereocenters. The van der Waals surface area contributed by atoms with Crippen LogP contribution in [-0.2, 0) is 4.74 Å². The number of rotatable bonds is 5. The predicted molar refractivity (Wildman–Crippen MR) is 102 cm³/mol. The molecule has 0 aliphatic rings. The zero-order valence-electron chi connectivity index (χ0n) is 15.3. The molecule has 2 aromatic rings. The number of hydrogen-bond donors (Lipinski definition) is 0. The molecule has 138 valence electrons. The molecular formula is C20H22ClNO4. The topological polar surface area (TPSA) is 55.8 Å². The van der Waals surface area contributed by atoms with Gasteiger partial charge in [0.1, 0.15) is 0 Å². The van der Waals surface area contributed by atoms with E-state index in [1.54, 1.807) is 31.2 Å². The van der Waals surface area contributed by atoms with Crippen molar-refractivity contribution in [2.45, 2.75) is 27.7 Å². The fraction of sp³-hybridized carbons (Fsp3) is 0.300. The van der Waals surface area contributed by atoms with Crippen LogP contribution in [0.4, 0.5) is 10.5 Å². The highest BCUT2D eigenvalue weighted by Crippen LogP contribution is 2.34. The molecule has 6 heteroatoms. The Morgan fingerprint density at radius 2 is 1.85 bits per heavy atom. The van der Waals surface area contributed by atoms with E-state index in [0.29, 0.717) is 28.6 Å². The normalized spacial score (nSPS) is 10.3. The number of hydrogen-bond acceptors (Lipinski definition) is 4. The summed E-state index contributed by atoms with van der Waals surface area (Å²) in [7, 11) is 0. The Labute approximate surface area is 158 Å². The van der Waals surface area contributed by atoms with Crippen LogP contribution in [0.5, 0.6) is 5.75 Å². The van der Waals surface area contributed by atoms with Gasteiger partial charge in [0.15, 0.2) is 5.75 Å². The summed E-state index contributed by atoms with van der Waals surface area (Å²) < 4.78 is 10.8. The molecule has 0 aromatic heterocycles. The number of carbonyl (C=O) groups excluding carboxylic acids is 2. The summed E-state index contributed by atoms with van der Waals surface area (Å²) >= 11 is 5.95. The number of ether oxygens (including phenoxy) is 2. The molecule has 0 heterocycles. The molecule has 0 saturated heterocycles. The monoisotopic (exact) mass is 375 g/mol. The molecule has 0 aliphatic heterocycles. The highest BCUT2D eigenvalue weighted by molar-refractivity contribution is 6.30. The third-order valence-corrected chi connectivity index (χ3v) is 3.98. The molecule has 1 amide bonds. The standard InChI is InChI=1S/C20H22ClNO4/c1-5-22(20(24)25-6-2)17-11-13(3)10-14(4)18(17)26-19(23)15-8-7-9-16(21)12-15/h7-12H,5-6H2,1-4H3. The molecule has 2 rings (SSSR count). The molecule has 0 bridgehead atoms. The fourth-order valence-electron chi connectivity index (χ4n) is 2.63. The molecule has 0 aliphatic carbocycles. The van der Waals surface area contributed by atoms with E-state index in [-0.39, 0.29) is 6.61 Å². The van der Waals surface area contributed by atoms with Crippen molar-refractivity contribution < 1.29 is 19.1 Å². The minimum Gasteiger partial charge on any atom is -0.449 e. The van der Waals surface area contributed by atoms with Gasteiger partial charge in [0.25, 0.3) is 0 Å². The molecule has 5 nitrogen and oxygen atoms in total. The van der Waals surface area contributed by atoms with Gasteiger partial charge >= 0.3 is 12.1 Å². The zero-order valence-corrected chi connectivity index (χ0v) is 16.1. The van der Waals surface area contributed by atoms with Crippen molar-refractivity contribution >= 4 is 29.4 Å². The first-order chi connectivity index (χ1) is 12.4. The molecule has 0 saturated carbocycles. The minimum absolute atomic E-state index is 0.262. The van der Waals surface area contributed by atoms with E-state index in [9.17, 15) is 9.59 Å². The Morgan fingerprint density at radius 1 is 1.12 bits per heavy atom. The lowest BCUT2D eigenvalue weighted by atomic mass is 10.1. The van der Waals surface area contributed by atoms with E-state index in [4.69, 9.17) is 21.1 Å². The second-order valence-corrected chi connectivity index (χ2v) is 6.21. The van der Waals surface area contributed by atoms with Crippen molar-refractivity contribution in [2.75, 3.05) is 18.1 Å². The summed E-state index contributed by atoms with van der Waals surface area (Å²) in [6, 6.07) is 10.2. The average molecular weight is 376 g/mol. The van der Waals surface area contributed by atoms with Crippen LogP contribution in [0.15, 0.2) is 36.4 Å². The lowest BCUT2D eigenvalue weighted by Crippen LogP contribution is -2.32. The van der Waals surface area contributed by atoms with E-state index in [0.717, 1.165) is 11.1 Å². The molecule has 0 radical (unpaired) electrons. The number of aryl methyl sites for hydroxylation is 2. The first-order valence-electron chi connectivity index (χ1n) is 8.40. The van der Waals surface area contributed by atoms with Crippen LogP contribution in [0, 0.1) is 13.8 Å². The van der Waals surface area contributed by atoms with Gasteiger partial charge in [-0.25, -0.2) is 9.59 Å². The van der Waals surface area contributed by atoms with Crippen molar-refractivity contribution in [1.82, 2.24) is 0 Å². The number of nitrogens with zero attached hydrogens (tertiary/aromatic N) is 1. The molecular weight excluding hydrogens is 354 g/mol. The zero-order chi connectivity index (χ0) is 19.3. The highest BCUT2D eigenvalue weighted by Gasteiger charge is 2.23. The van der Waals surface area contributed by atoms with E-state index < -0.39 is 12.1 Å². The number of anilines is 1. The van der Waals surface area contributed by atoms with Gasteiger partial charge in [-0.2, -0.15) is 0 Å². The third kappa shape index (κ3) is 4.55. The number of carbonyl (C=O) groups is 2. The van der Waals surface area contributed by atoms with Gasteiger partial charge in [-0.05, 0) is 63.1 Å². The second-order valence-electron chi connectivity index (χ2n) is 5.77. The SMILES string of the molecule is CCOC(=O)N(CC)c1cc(C)cc(C)c1OC(=O)c1cccc(Cl)c1. The van der Waals surface area contributed by atoms with Crippen molar-refractivity contribution in [3.8, 4) is 5.75 Å². The van der Waals surface area contributed by atoms with Gasteiger partial charge in [0.2, 0.25) is 0 Å². The number of benzene rings is 2. The van der Waals surface area contributed by atoms with Crippen molar-refractivity contribution in [2.24, 2.45) is 0 Å². The third-order valence-electron chi connectivity index (χ3n) is 3.75. The van der Waals surface area contributed by atoms with E-state index in [1.165, 1.54) is 11.0 Å². The van der Waals surface area contributed by atoms with Gasteiger partial charge in [-0.3, -0.25) is 4.90 Å². The first-order valence-corrected chi connectivity index (χ1v) is 8.78. The van der Waals surface area contributed by atoms with E-state index in [1.807, 2.05) is 26.8 Å². The van der Waals surface area contributed by atoms with Gasteiger partial charge in [-0.1, -0.05) is 23.7 Å². The molecule has 26 heavy (non-hydrogen) atoms. The Balaban J connectivity index is 2.44. The van der Waals surface area contributed by atoms with Gasteiger partial charge in [0, 0.05) is 11.6 Å². The lowest BCUT2D eigenvalue weighted by Gasteiger charge is -2.24. The van der Waals surface area contributed by atoms with Gasteiger partial charge in [0.05, 0.1) is 17.9 Å². The van der Waals surface area contributed by atoms with Crippen LogP contribution < -0.4 is 9.64 Å². The van der Waals surface area contributed by atoms with Crippen LogP contribution in [0.3, 0.4) is 0 Å². The number of halogens is 1. The molecule has 2 aromatic carbocycles. The van der Waals surface area contributed by atoms with E-state index in [2.05, 4.69) is 0 Å². The van der Waals surface area contributed by atoms with Crippen LogP contribution in [0.2, 0.25) is 5.02 Å².